The smallest absolute Gasteiger partial charge is 0.329 e. The summed E-state index contributed by atoms with van der Waals surface area (Å²) in [7, 11) is 0. The molecule has 1 fully saturated rings. The zero-order chi connectivity index (χ0) is 18.6. The summed E-state index contributed by atoms with van der Waals surface area (Å²) in [4.78, 5) is 28.1. The van der Waals surface area contributed by atoms with Gasteiger partial charge in [0.05, 0.1) is 0 Å². The zero-order valence-corrected chi connectivity index (χ0v) is 15.0. The Hall–Kier alpha value is -2.41. The Balaban J connectivity index is 1.58. The van der Waals surface area contributed by atoms with Crippen LogP contribution in [0.15, 0.2) is 28.8 Å². The van der Waals surface area contributed by atoms with Gasteiger partial charge in [-0.25, -0.2) is 4.79 Å². The van der Waals surface area contributed by atoms with Crippen LogP contribution in [0, 0.1) is 0 Å². The second kappa shape index (κ2) is 7.86. The third-order valence-electron chi connectivity index (χ3n) is 4.63. The molecule has 1 amide bonds. The number of benzene rings is 1. The molecule has 1 aliphatic carbocycles. The number of halogens is 1. The van der Waals surface area contributed by atoms with E-state index < -0.39 is 11.5 Å². The number of carboxylic acids is 1. The molecule has 1 aromatic carbocycles. The first-order chi connectivity index (χ1) is 12.5. The summed E-state index contributed by atoms with van der Waals surface area (Å²) in [6.07, 6.45) is 3.89. The molecule has 2 aromatic rings. The SMILES string of the molecule is O=C(CCc1nc(-c2ccc(Cl)cc2)no1)NC1(C(=O)O)CCCCC1. The molecular weight excluding hydrogens is 358 g/mol. The highest BCUT2D eigenvalue weighted by Gasteiger charge is 2.40. The molecule has 138 valence electrons. The Morgan fingerprint density at radius 2 is 1.88 bits per heavy atom. The summed E-state index contributed by atoms with van der Waals surface area (Å²) in [5.41, 5.74) is -0.376. The molecule has 8 heteroatoms. The molecule has 1 aliphatic rings. The summed E-state index contributed by atoms with van der Waals surface area (Å²) in [5, 5.41) is 16.7. The van der Waals surface area contributed by atoms with Gasteiger partial charge in [-0.15, -0.1) is 0 Å². The van der Waals surface area contributed by atoms with E-state index in [9.17, 15) is 14.7 Å². The lowest BCUT2D eigenvalue weighted by atomic mass is 9.81. The number of amides is 1. The van der Waals surface area contributed by atoms with Gasteiger partial charge in [-0.05, 0) is 37.1 Å². The van der Waals surface area contributed by atoms with E-state index >= 15 is 0 Å². The first-order valence-electron chi connectivity index (χ1n) is 8.61. The van der Waals surface area contributed by atoms with Gasteiger partial charge in [0.15, 0.2) is 0 Å². The number of carbonyl (C=O) groups is 2. The fourth-order valence-electron chi connectivity index (χ4n) is 3.17. The maximum atomic E-state index is 12.2. The fraction of sp³-hybridized carbons (Fsp3) is 0.444. The molecule has 7 nitrogen and oxygen atoms in total. The third-order valence-corrected chi connectivity index (χ3v) is 4.88. The first kappa shape index (κ1) is 18.4. The quantitative estimate of drug-likeness (QED) is 0.800. The topological polar surface area (TPSA) is 105 Å². The van der Waals surface area contributed by atoms with Crippen LogP contribution in [0.5, 0.6) is 0 Å². The van der Waals surface area contributed by atoms with Crippen LogP contribution in [0.25, 0.3) is 11.4 Å². The van der Waals surface area contributed by atoms with Crippen molar-refractivity contribution in [3.05, 3.63) is 35.2 Å². The van der Waals surface area contributed by atoms with Crippen LogP contribution in [0.4, 0.5) is 0 Å². The summed E-state index contributed by atoms with van der Waals surface area (Å²) < 4.78 is 5.17. The van der Waals surface area contributed by atoms with Crippen molar-refractivity contribution in [1.82, 2.24) is 15.5 Å². The molecule has 0 saturated heterocycles. The van der Waals surface area contributed by atoms with E-state index in [4.69, 9.17) is 16.1 Å². The molecule has 0 atom stereocenters. The van der Waals surface area contributed by atoms with Gasteiger partial charge in [0, 0.05) is 23.4 Å². The number of rotatable bonds is 6. The number of carboxylic acid groups (broad SMARTS) is 1. The van der Waals surface area contributed by atoms with Gasteiger partial charge in [-0.3, -0.25) is 4.79 Å². The van der Waals surface area contributed by atoms with E-state index in [1.165, 1.54) is 0 Å². The van der Waals surface area contributed by atoms with Crippen molar-refractivity contribution in [1.29, 1.82) is 0 Å². The van der Waals surface area contributed by atoms with Crippen molar-refractivity contribution in [3.63, 3.8) is 0 Å². The predicted octanol–water partition coefficient (Wildman–Crippen LogP) is 3.23. The largest absolute Gasteiger partial charge is 0.480 e. The summed E-state index contributed by atoms with van der Waals surface area (Å²) >= 11 is 5.85. The van der Waals surface area contributed by atoms with E-state index in [0.29, 0.717) is 29.6 Å². The van der Waals surface area contributed by atoms with E-state index in [1.54, 1.807) is 24.3 Å². The molecule has 2 N–H and O–H groups in total. The van der Waals surface area contributed by atoms with Crippen LogP contribution >= 0.6 is 11.6 Å². The summed E-state index contributed by atoms with van der Waals surface area (Å²) in [6.45, 7) is 0. The highest BCUT2D eigenvalue weighted by atomic mass is 35.5. The Morgan fingerprint density at radius 3 is 2.54 bits per heavy atom. The minimum absolute atomic E-state index is 0.0945. The monoisotopic (exact) mass is 377 g/mol. The third kappa shape index (κ3) is 4.22. The van der Waals surface area contributed by atoms with Gasteiger partial charge < -0.3 is 14.9 Å². The van der Waals surface area contributed by atoms with Gasteiger partial charge in [0.2, 0.25) is 17.6 Å². The summed E-state index contributed by atoms with van der Waals surface area (Å²) in [5.74, 6) is -0.529. The Kier molecular flexibility index (Phi) is 5.56. The number of nitrogens with zero attached hydrogens (tertiary/aromatic N) is 2. The number of aromatic nitrogens is 2. The number of aryl methyl sites for hydroxylation is 1. The normalized spacial score (nSPS) is 16.2. The predicted molar refractivity (Wildman–Crippen MR) is 94.7 cm³/mol. The molecule has 0 bridgehead atoms. The molecule has 26 heavy (non-hydrogen) atoms. The molecule has 0 aliphatic heterocycles. The minimum atomic E-state index is -1.14. The lowest BCUT2D eigenvalue weighted by Gasteiger charge is -2.33. The highest BCUT2D eigenvalue weighted by Crippen LogP contribution is 2.28. The van der Waals surface area contributed by atoms with E-state index in [1.807, 2.05) is 0 Å². The molecule has 0 radical (unpaired) electrons. The van der Waals surface area contributed by atoms with Crippen LogP contribution in [-0.4, -0.2) is 32.7 Å². The van der Waals surface area contributed by atoms with Crippen LogP contribution < -0.4 is 5.32 Å². The number of nitrogens with one attached hydrogen (secondary N) is 1. The van der Waals surface area contributed by atoms with Crippen LogP contribution in [0.2, 0.25) is 5.02 Å². The van der Waals surface area contributed by atoms with Crippen molar-refractivity contribution >= 4 is 23.5 Å². The van der Waals surface area contributed by atoms with Crippen LogP contribution in [-0.2, 0) is 16.0 Å². The van der Waals surface area contributed by atoms with Crippen molar-refractivity contribution in [2.75, 3.05) is 0 Å². The van der Waals surface area contributed by atoms with Crippen LogP contribution in [0.3, 0.4) is 0 Å². The van der Waals surface area contributed by atoms with Gasteiger partial charge >= 0.3 is 5.97 Å². The second-order valence-electron chi connectivity index (χ2n) is 6.51. The minimum Gasteiger partial charge on any atom is -0.480 e. The van der Waals surface area contributed by atoms with Crippen molar-refractivity contribution in [2.45, 2.75) is 50.5 Å². The van der Waals surface area contributed by atoms with Crippen molar-refractivity contribution < 1.29 is 19.2 Å². The van der Waals surface area contributed by atoms with E-state index in [0.717, 1.165) is 24.8 Å². The number of carbonyl (C=O) groups excluding carboxylic acids is 1. The number of aliphatic carboxylic acids is 1. The summed E-state index contributed by atoms with van der Waals surface area (Å²) in [6, 6.07) is 7.03. The van der Waals surface area contributed by atoms with Gasteiger partial charge in [0.25, 0.3) is 0 Å². The average Bonchev–Trinajstić information content (AvgIpc) is 3.10. The Bertz CT molecular complexity index is 782. The van der Waals surface area contributed by atoms with Gasteiger partial charge in [-0.1, -0.05) is 36.0 Å². The number of hydrogen-bond acceptors (Lipinski definition) is 5. The lowest BCUT2D eigenvalue weighted by Crippen LogP contribution is -2.55. The Labute approximate surface area is 155 Å². The van der Waals surface area contributed by atoms with Gasteiger partial charge in [0.1, 0.15) is 5.54 Å². The molecule has 3 rings (SSSR count). The fourth-order valence-corrected chi connectivity index (χ4v) is 3.30. The molecule has 0 spiro atoms. The number of hydrogen-bond donors (Lipinski definition) is 2. The zero-order valence-electron chi connectivity index (χ0n) is 14.2. The van der Waals surface area contributed by atoms with E-state index in [2.05, 4.69) is 15.5 Å². The average molecular weight is 378 g/mol. The van der Waals surface area contributed by atoms with E-state index in [-0.39, 0.29) is 18.7 Å². The van der Waals surface area contributed by atoms with Crippen molar-refractivity contribution in [2.24, 2.45) is 0 Å². The Morgan fingerprint density at radius 1 is 1.19 bits per heavy atom. The molecule has 1 heterocycles. The van der Waals surface area contributed by atoms with Crippen molar-refractivity contribution in [3.8, 4) is 11.4 Å². The molecule has 1 saturated carbocycles. The highest BCUT2D eigenvalue weighted by molar-refractivity contribution is 6.30. The first-order valence-corrected chi connectivity index (χ1v) is 8.99. The van der Waals surface area contributed by atoms with Gasteiger partial charge in [-0.2, -0.15) is 4.98 Å². The lowest BCUT2D eigenvalue weighted by molar-refractivity contribution is -0.149. The second-order valence-corrected chi connectivity index (χ2v) is 6.95. The molecule has 0 unspecified atom stereocenters. The molecular formula is C18H20ClN3O4. The standard InChI is InChI=1S/C18H20ClN3O4/c19-13-6-4-12(5-7-13)16-20-15(26-22-16)9-8-14(23)21-18(17(24)25)10-2-1-3-11-18/h4-7H,1-3,8-11H2,(H,21,23)(H,24,25). The maximum Gasteiger partial charge on any atom is 0.329 e. The van der Waals surface area contributed by atoms with Crippen LogP contribution in [0.1, 0.15) is 44.4 Å². The molecule has 1 aromatic heterocycles. The maximum absolute atomic E-state index is 12.2.